The molecule has 0 aliphatic carbocycles. The maximum atomic E-state index is 11.6. The summed E-state index contributed by atoms with van der Waals surface area (Å²) in [5.74, 6) is -0.191. The van der Waals surface area contributed by atoms with Gasteiger partial charge in [0, 0.05) is 12.8 Å². The Kier molecular flexibility index (Phi) is 12.9. The molecule has 0 aromatic heterocycles. The molecule has 0 spiro atoms. The third-order valence-corrected chi connectivity index (χ3v) is 3.93. The first kappa shape index (κ1) is 20.9. The second-order valence-corrected chi connectivity index (χ2v) is 5.77. The Bertz CT molecular complexity index is 263. The van der Waals surface area contributed by atoms with Gasteiger partial charge in [-0.25, -0.2) is 0 Å². The molecule has 0 unspecified atom stereocenters. The minimum Gasteiger partial charge on any atom is -0.462 e. The number of rotatable bonds is 13. The number of ether oxygens (including phenoxy) is 2. The fraction of sp³-hybridized carbons (Fsp3) is 0.889. The van der Waals surface area contributed by atoms with Crippen LogP contribution in [0.15, 0.2) is 0 Å². The van der Waals surface area contributed by atoms with E-state index in [0.717, 1.165) is 51.4 Å². The van der Waals surface area contributed by atoms with Crippen LogP contribution >= 0.6 is 0 Å². The van der Waals surface area contributed by atoms with Crippen LogP contribution in [0.25, 0.3) is 0 Å². The highest BCUT2D eigenvalue weighted by Crippen LogP contribution is 2.11. The van der Waals surface area contributed by atoms with E-state index < -0.39 is 0 Å². The number of hydrogen-bond acceptors (Lipinski definition) is 4. The zero-order valence-corrected chi connectivity index (χ0v) is 14.9. The first-order chi connectivity index (χ1) is 10.6. The first-order valence-corrected chi connectivity index (χ1v) is 8.96. The summed E-state index contributed by atoms with van der Waals surface area (Å²) in [6, 6.07) is 0. The lowest BCUT2D eigenvalue weighted by atomic mass is 10.1. The summed E-state index contributed by atoms with van der Waals surface area (Å²) in [5.41, 5.74) is 0. The number of esters is 2. The van der Waals surface area contributed by atoms with Crippen LogP contribution in [0.1, 0.15) is 91.9 Å². The molecule has 0 radical (unpaired) electrons. The summed E-state index contributed by atoms with van der Waals surface area (Å²) in [6.07, 6.45) is 8.17. The molecule has 0 heterocycles. The maximum absolute atomic E-state index is 11.6. The number of carbonyl (C=O) groups is 2. The molecule has 0 fully saturated rings. The molecule has 0 atom stereocenters. The van der Waals surface area contributed by atoms with Crippen molar-refractivity contribution in [2.45, 2.75) is 104 Å². The van der Waals surface area contributed by atoms with E-state index in [4.69, 9.17) is 9.47 Å². The second kappa shape index (κ2) is 13.6. The van der Waals surface area contributed by atoms with Crippen LogP contribution in [0.3, 0.4) is 0 Å². The molecule has 0 N–H and O–H groups in total. The highest BCUT2D eigenvalue weighted by Gasteiger charge is 2.11. The Labute approximate surface area is 135 Å². The molecule has 0 rings (SSSR count). The minimum atomic E-state index is -0.0955. The lowest BCUT2D eigenvalue weighted by Gasteiger charge is -2.14. The number of hydrogen-bond donors (Lipinski definition) is 0. The fourth-order valence-electron chi connectivity index (χ4n) is 2.29. The molecule has 0 bridgehead atoms. The van der Waals surface area contributed by atoms with Crippen LogP contribution < -0.4 is 0 Å². The van der Waals surface area contributed by atoms with E-state index in [1.54, 1.807) is 0 Å². The van der Waals surface area contributed by atoms with Gasteiger partial charge in [0.1, 0.15) is 12.2 Å². The monoisotopic (exact) mass is 314 g/mol. The van der Waals surface area contributed by atoms with Crippen molar-refractivity contribution in [3.63, 3.8) is 0 Å². The van der Waals surface area contributed by atoms with Gasteiger partial charge in [-0.05, 0) is 38.5 Å². The average Bonchev–Trinajstić information content (AvgIpc) is 2.53. The molecule has 4 heteroatoms. The van der Waals surface area contributed by atoms with Gasteiger partial charge in [0.15, 0.2) is 0 Å². The van der Waals surface area contributed by atoms with Gasteiger partial charge >= 0.3 is 11.9 Å². The number of unbranched alkanes of at least 4 members (excludes halogenated alkanes) is 3. The highest BCUT2D eigenvalue weighted by atomic mass is 16.5. The lowest BCUT2D eigenvalue weighted by Crippen LogP contribution is -2.16. The molecule has 0 aromatic rings. The van der Waals surface area contributed by atoms with Gasteiger partial charge in [-0.3, -0.25) is 9.59 Å². The normalized spacial score (nSPS) is 11.0. The van der Waals surface area contributed by atoms with Crippen molar-refractivity contribution in [3.8, 4) is 0 Å². The molecular formula is C18H34O4. The summed E-state index contributed by atoms with van der Waals surface area (Å²) in [6.45, 7) is 8.12. The molecule has 130 valence electrons. The summed E-state index contributed by atoms with van der Waals surface area (Å²) in [5, 5.41) is 0. The van der Waals surface area contributed by atoms with E-state index in [2.05, 4.69) is 0 Å². The van der Waals surface area contributed by atoms with Crippen molar-refractivity contribution < 1.29 is 19.1 Å². The Morgan fingerprint density at radius 1 is 0.636 bits per heavy atom. The van der Waals surface area contributed by atoms with Crippen molar-refractivity contribution in [2.75, 3.05) is 0 Å². The summed E-state index contributed by atoms with van der Waals surface area (Å²) in [4.78, 5) is 23.2. The zero-order valence-electron chi connectivity index (χ0n) is 14.9. The topological polar surface area (TPSA) is 52.6 Å². The Morgan fingerprint density at radius 3 is 1.23 bits per heavy atom. The van der Waals surface area contributed by atoms with E-state index in [9.17, 15) is 9.59 Å². The highest BCUT2D eigenvalue weighted by molar-refractivity contribution is 5.69. The molecule has 0 aromatic carbocycles. The molecule has 4 nitrogen and oxygen atoms in total. The molecule has 0 amide bonds. The molecule has 0 saturated carbocycles. The van der Waals surface area contributed by atoms with Crippen molar-refractivity contribution >= 4 is 11.9 Å². The van der Waals surface area contributed by atoms with E-state index in [1.165, 1.54) is 0 Å². The molecule has 0 saturated heterocycles. The van der Waals surface area contributed by atoms with Crippen LogP contribution in [0.4, 0.5) is 0 Å². The fourth-order valence-corrected chi connectivity index (χ4v) is 2.29. The van der Waals surface area contributed by atoms with E-state index >= 15 is 0 Å². The van der Waals surface area contributed by atoms with Crippen LogP contribution in [-0.2, 0) is 19.1 Å². The molecular weight excluding hydrogens is 280 g/mol. The Hall–Kier alpha value is -1.06. The molecule has 0 aliphatic rings. The van der Waals surface area contributed by atoms with Crippen LogP contribution in [-0.4, -0.2) is 24.1 Å². The quantitative estimate of drug-likeness (QED) is 0.362. The van der Waals surface area contributed by atoms with Gasteiger partial charge in [0.25, 0.3) is 0 Å². The molecule has 0 aliphatic heterocycles. The lowest BCUT2D eigenvalue weighted by molar-refractivity contribution is -0.150. The summed E-state index contributed by atoms with van der Waals surface area (Å²) >= 11 is 0. The van der Waals surface area contributed by atoms with Gasteiger partial charge in [0.2, 0.25) is 0 Å². The maximum Gasteiger partial charge on any atom is 0.306 e. The third kappa shape index (κ3) is 10.6. The summed E-state index contributed by atoms with van der Waals surface area (Å²) < 4.78 is 10.7. The van der Waals surface area contributed by atoms with Crippen molar-refractivity contribution in [1.29, 1.82) is 0 Å². The zero-order chi connectivity index (χ0) is 16.8. The molecule has 22 heavy (non-hydrogen) atoms. The second-order valence-electron chi connectivity index (χ2n) is 5.77. The van der Waals surface area contributed by atoms with Crippen molar-refractivity contribution in [2.24, 2.45) is 0 Å². The predicted octanol–water partition coefficient (Wildman–Crippen LogP) is 4.79. The van der Waals surface area contributed by atoms with E-state index in [-0.39, 0.29) is 24.1 Å². The van der Waals surface area contributed by atoms with Crippen LogP contribution in [0, 0.1) is 0 Å². The predicted molar refractivity (Wildman–Crippen MR) is 88.6 cm³/mol. The first-order valence-electron chi connectivity index (χ1n) is 8.96. The Balaban J connectivity index is 3.57. The van der Waals surface area contributed by atoms with Gasteiger partial charge in [-0.15, -0.1) is 0 Å². The van der Waals surface area contributed by atoms with Crippen molar-refractivity contribution in [3.05, 3.63) is 0 Å². The standard InChI is InChI=1S/C18H34O4/c1-5-15(6-2)21-17(19)13-11-9-10-12-14-18(20)22-16(7-3)8-4/h15-16H,5-14H2,1-4H3. The van der Waals surface area contributed by atoms with E-state index in [0.29, 0.717) is 12.8 Å². The largest absolute Gasteiger partial charge is 0.462 e. The van der Waals surface area contributed by atoms with Gasteiger partial charge < -0.3 is 9.47 Å². The Morgan fingerprint density at radius 2 is 0.955 bits per heavy atom. The number of carbonyl (C=O) groups excluding carboxylic acids is 2. The van der Waals surface area contributed by atoms with Crippen LogP contribution in [0.2, 0.25) is 0 Å². The van der Waals surface area contributed by atoms with Crippen LogP contribution in [0.5, 0.6) is 0 Å². The average molecular weight is 314 g/mol. The minimum absolute atomic E-state index is 0.0624. The van der Waals surface area contributed by atoms with E-state index in [1.807, 2.05) is 27.7 Å². The van der Waals surface area contributed by atoms with Gasteiger partial charge in [-0.1, -0.05) is 40.5 Å². The smallest absolute Gasteiger partial charge is 0.306 e. The summed E-state index contributed by atoms with van der Waals surface area (Å²) in [7, 11) is 0. The van der Waals surface area contributed by atoms with Gasteiger partial charge in [-0.2, -0.15) is 0 Å². The third-order valence-electron chi connectivity index (χ3n) is 3.93. The SMILES string of the molecule is CCC(CC)OC(=O)CCCCCCC(=O)OC(CC)CC. The van der Waals surface area contributed by atoms with Gasteiger partial charge in [0.05, 0.1) is 0 Å². The van der Waals surface area contributed by atoms with Crippen molar-refractivity contribution in [1.82, 2.24) is 0 Å².